The summed E-state index contributed by atoms with van der Waals surface area (Å²) in [5.41, 5.74) is 2.70. The molecule has 1 saturated carbocycles. The molecular formula is C22H28N2O. The van der Waals surface area contributed by atoms with E-state index in [2.05, 4.69) is 70.5 Å². The summed E-state index contributed by atoms with van der Waals surface area (Å²) in [5, 5.41) is 0. The van der Waals surface area contributed by atoms with Crippen molar-refractivity contribution >= 4 is 0 Å². The van der Waals surface area contributed by atoms with Gasteiger partial charge in [-0.1, -0.05) is 60.7 Å². The number of ether oxygens (including phenoxy) is 1. The topological polar surface area (TPSA) is 15.7 Å². The van der Waals surface area contributed by atoms with E-state index in [1.807, 2.05) is 0 Å². The lowest BCUT2D eigenvalue weighted by molar-refractivity contribution is -0.0678. The maximum absolute atomic E-state index is 6.05. The lowest BCUT2D eigenvalue weighted by atomic mass is 9.87. The Kier molecular flexibility index (Phi) is 5.46. The highest BCUT2D eigenvalue weighted by Crippen LogP contribution is 2.30. The van der Waals surface area contributed by atoms with Gasteiger partial charge in [0.05, 0.1) is 12.7 Å². The molecule has 3 nitrogen and oxygen atoms in total. The fourth-order valence-electron chi connectivity index (χ4n) is 3.89. The average molecular weight is 336 g/mol. The summed E-state index contributed by atoms with van der Waals surface area (Å²) >= 11 is 0. The van der Waals surface area contributed by atoms with E-state index < -0.39 is 0 Å². The van der Waals surface area contributed by atoms with Crippen LogP contribution in [0.4, 0.5) is 0 Å². The second kappa shape index (κ2) is 8.13. The molecule has 4 rings (SSSR count). The number of rotatable bonds is 6. The van der Waals surface area contributed by atoms with Crippen LogP contribution in [0.3, 0.4) is 0 Å². The van der Waals surface area contributed by atoms with Crippen molar-refractivity contribution in [2.75, 3.05) is 26.2 Å². The van der Waals surface area contributed by atoms with Crippen LogP contribution in [0.2, 0.25) is 0 Å². The monoisotopic (exact) mass is 336 g/mol. The third-order valence-electron chi connectivity index (χ3n) is 5.57. The number of hydrogen-bond donors (Lipinski definition) is 0. The molecule has 1 saturated heterocycles. The van der Waals surface area contributed by atoms with Crippen molar-refractivity contribution in [2.45, 2.75) is 38.1 Å². The van der Waals surface area contributed by atoms with Crippen molar-refractivity contribution in [1.29, 1.82) is 0 Å². The minimum atomic E-state index is 0.451. The molecule has 0 spiro atoms. The molecule has 1 heterocycles. The lowest BCUT2D eigenvalue weighted by Crippen LogP contribution is -2.55. The molecule has 2 aliphatic rings. The summed E-state index contributed by atoms with van der Waals surface area (Å²) in [7, 11) is 0. The summed E-state index contributed by atoms with van der Waals surface area (Å²) in [6.07, 6.45) is 2.85. The highest BCUT2D eigenvalue weighted by Gasteiger charge is 2.35. The van der Waals surface area contributed by atoms with Crippen molar-refractivity contribution in [3.63, 3.8) is 0 Å². The Morgan fingerprint density at radius 2 is 1.36 bits per heavy atom. The molecule has 2 fully saturated rings. The molecule has 0 N–H and O–H groups in total. The smallest absolute Gasteiger partial charge is 0.0720 e. The number of nitrogens with zero attached hydrogens (tertiary/aromatic N) is 2. The second-order valence-corrected chi connectivity index (χ2v) is 7.34. The van der Waals surface area contributed by atoms with Crippen LogP contribution < -0.4 is 0 Å². The van der Waals surface area contributed by atoms with Crippen LogP contribution in [-0.4, -0.2) is 48.1 Å². The lowest BCUT2D eigenvalue weighted by Gasteiger charge is -2.46. The molecule has 0 unspecified atom stereocenters. The maximum Gasteiger partial charge on any atom is 0.0720 e. The van der Waals surface area contributed by atoms with Crippen molar-refractivity contribution < 1.29 is 4.74 Å². The fraction of sp³-hybridized carbons (Fsp3) is 0.455. The molecule has 1 aliphatic heterocycles. The van der Waals surface area contributed by atoms with Gasteiger partial charge in [0.1, 0.15) is 0 Å². The minimum Gasteiger partial charge on any atom is -0.373 e. The Morgan fingerprint density at radius 3 is 2.00 bits per heavy atom. The van der Waals surface area contributed by atoms with Gasteiger partial charge in [-0.05, 0) is 24.0 Å². The van der Waals surface area contributed by atoms with Crippen LogP contribution in [0.5, 0.6) is 0 Å². The molecule has 3 heteroatoms. The predicted octanol–water partition coefficient (Wildman–Crippen LogP) is 3.55. The molecule has 0 radical (unpaired) electrons. The van der Waals surface area contributed by atoms with E-state index in [9.17, 15) is 0 Å². The van der Waals surface area contributed by atoms with Crippen molar-refractivity contribution in [3.8, 4) is 0 Å². The molecule has 0 amide bonds. The highest BCUT2D eigenvalue weighted by molar-refractivity contribution is 5.15. The first-order valence-corrected chi connectivity index (χ1v) is 9.53. The van der Waals surface area contributed by atoms with E-state index >= 15 is 0 Å². The van der Waals surface area contributed by atoms with Gasteiger partial charge in [0, 0.05) is 38.8 Å². The summed E-state index contributed by atoms with van der Waals surface area (Å²) < 4.78 is 6.05. The van der Waals surface area contributed by atoms with Gasteiger partial charge in [-0.2, -0.15) is 0 Å². The van der Waals surface area contributed by atoms with Gasteiger partial charge in [-0.3, -0.25) is 9.80 Å². The quantitative estimate of drug-likeness (QED) is 0.802. The summed E-state index contributed by atoms with van der Waals surface area (Å²) in [6, 6.07) is 22.1. The highest BCUT2D eigenvalue weighted by atomic mass is 16.5. The van der Waals surface area contributed by atoms with E-state index in [4.69, 9.17) is 4.74 Å². The Morgan fingerprint density at radius 1 is 0.760 bits per heavy atom. The Bertz CT molecular complexity index is 632. The van der Waals surface area contributed by atoms with Crippen molar-refractivity contribution in [2.24, 2.45) is 0 Å². The normalized spacial score (nSPS) is 24.8. The SMILES string of the molecule is c1ccc(COC2CC(N3CCN(Cc4ccccc4)CC3)C2)cc1. The minimum absolute atomic E-state index is 0.451. The first-order valence-electron chi connectivity index (χ1n) is 9.53. The van der Waals surface area contributed by atoms with Gasteiger partial charge in [-0.25, -0.2) is 0 Å². The first-order chi connectivity index (χ1) is 12.4. The molecule has 2 aromatic carbocycles. The molecule has 1 aliphatic carbocycles. The van der Waals surface area contributed by atoms with Gasteiger partial charge in [-0.15, -0.1) is 0 Å². The van der Waals surface area contributed by atoms with Crippen LogP contribution in [0, 0.1) is 0 Å². The average Bonchev–Trinajstić information content (AvgIpc) is 2.63. The van der Waals surface area contributed by atoms with Crippen molar-refractivity contribution in [1.82, 2.24) is 9.80 Å². The van der Waals surface area contributed by atoms with Crippen LogP contribution >= 0.6 is 0 Å². The van der Waals surface area contributed by atoms with Gasteiger partial charge in [0.2, 0.25) is 0 Å². The maximum atomic E-state index is 6.05. The van der Waals surface area contributed by atoms with Gasteiger partial charge >= 0.3 is 0 Å². The largest absolute Gasteiger partial charge is 0.373 e. The molecule has 132 valence electrons. The van der Waals surface area contributed by atoms with Gasteiger partial charge in [0.15, 0.2) is 0 Å². The van der Waals surface area contributed by atoms with Crippen LogP contribution in [0.25, 0.3) is 0 Å². The van der Waals surface area contributed by atoms with E-state index in [1.165, 1.54) is 50.1 Å². The molecular weight excluding hydrogens is 308 g/mol. The molecule has 0 aromatic heterocycles. The third kappa shape index (κ3) is 4.49. The van der Waals surface area contributed by atoms with E-state index in [0.29, 0.717) is 6.10 Å². The van der Waals surface area contributed by atoms with Crippen LogP contribution in [0.1, 0.15) is 24.0 Å². The Balaban J connectivity index is 1.15. The molecule has 0 bridgehead atoms. The fourth-order valence-corrected chi connectivity index (χ4v) is 3.89. The van der Waals surface area contributed by atoms with Gasteiger partial charge in [0.25, 0.3) is 0 Å². The number of benzene rings is 2. The molecule has 0 atom stereocenters. The predicted molar refractivity (Wildman–Crippen MR) is 101 cm³/mol. The van der Waals surface area contributed by atoms with Gasteiger partial charge < -0.3 is 4.74 Å². The second-order valence-electron chi connectivity index (χ2n) is 7.34. The zero-order valence-electron chi connectivity index (χ0n) is 14.9. The molecule has 2 aromatic rings. The summed E-state index contributed by atoms with van der Waals surface area (Å²) in [6.45, 7) is 6.60. The van der Waals surface area contributed by atoms with E-state index in [-0.39, 0.29) is 0 Å². The Hall–Kier alpha value is -1.68. The number of hydrogen-bond acceptors (Lipinski definition) is 3. The number of piperazine rings is 1. The summed E-state index contributed by atoms with van der Waals surface area (Å²) in [5.74, 6) is 0. The van der Waals surface area contributed by atoms with Crippen molar-refractivity contribution in [3.05, 3.63) is 71.8 Å². The van der Waals surface area contributed by atoms with E-state index in [0.717, 1.165) is 19.2 Å². The zero-order chi connectivity index (χ0) is 16.9. The van der Waals surface area contributed by atoms with E-state index in [1.54, 1.807) is 0 Å². The standard InChI is InChI=1S/C22H28N2O/c1-3-7-19(8-4-1)17-23-11-13-24(14-12-23)21-15-22(16-21)25-18-20-9-5-2-6-10-20/h1-10,21-22H,11-18H2. The molecule has 25 heavy (non-hydrogen) atoms. The zero-order valence-corrected chi connectivity index (χ0v) is 14.9. The third-order valence-corrected chi connectivity index (χ3v) is 5.57. The van der Waals surface area contributed by atoms with Crippen LogP contribution in [-0.2, 0) is 17.9 Å². The summed E-state index contributed by atoms with van der Waals surface area (Å²) in [4.78, 5) is 5.25. The van der Waals surface area contributed by atoms with Crippen LogP contribution in [0.15, 0.2) is 60.7 Å². The first kappa shape index (κ1) is 16.8. The Labute approximate surface area is 151 Å².